The Hall–Kier alpha value is -3.11. The number of benzene rings is 1. The lowest BCUT2D eigenvalue weighted by Gasteiger charge is -2.40. The summed E-state index contributed by atoms with van der Waals surface area (Å²) in [6.45, 7) is 7.87. The van der Waals surface area contributed by atoms with Crippen molar-refractivity contribution in [3.63, 3.8) is 0 Å². The number of ether oxygens (including phenoxy) is 1. The first-order valence-corrected chi connectivity index (χ1v) is 13.2. The lowest BCUT2D eigenvalue weighted by molar-refractivity contribution is -0.154. The molecule has 7 nitrogen and oxygen atoms in total. The fourth-order valence-electron chi connectivity index (χ4n) is 5.10. The molecule has 3 unspecified atom stereocenters. The van der Waals surface area contributed by atoms with Crippen LogP contribution in [0, 0.1) is 16.7 Å². The molecule has 0 radical (unpaired) electrons. The molecule has 2 N–H and O–H groups in total. The highest BCUT2D eigenvalue weighted by Gasteiger charge is 2.29. The minimum atomic E-state index is -0.510. The second-order valence-electron chi connectivity index (χ2n) is 11.1. The molecule has 0 spiro atoms. The highest BCUT2D eigenvalue weighted by Crippen LogP contribution is 2.26. The van der Waals surface area contributed by atoms with E-state index in [9.17, 15) is 4.79 Å². The highest BCUT2D eigenvalue weighted by molar-refractivity contribution is 5.75. The van der Waals surface area contributed by atoms with Gasteiger partial charge >= 0.3 is 5.97 Å². The molecule has 2 heterocycles. The van der Waals surface area contributed by atoms with Crippen LogP contribution in [-0.4, -0.2) is 42.2 Å². The van der Waals surface area contributed by atoms with E-state index in [1.807, 2.05) is 45.0 Å². The molecule has 1 saturated carbocycles. The molecule has 192 valence electrons. The maximum Gasteiger partial charge on any atom is 0.311 e. The van der Waals surface area contributed by atoms with E-state index >= 15 is 0 Å². The summed E-state index contributed by atoms with van der Waals surface area (Å²) < 4.78 is 5.49. The van der Waals surface area contributed by atoms with Gasteiger partial charge in [0.15, 0.2) is 0 Å². The van der Waals surface area contributed by atoms with Crippen molar-refractivity contribution >= 4 is 17.5 Å². The Morgan fingerprint density at radius 1 is 1.11 bits per heavy atom. The number of anilines is 2. The van der Waals surface area contributed by atoms with Crippen LogP contribution in [0.3, 0.4) is 0 Å². The Kier molecular flexibility index (Phi) is 8.48. The molecule has 4 rings (SSSR count). The fourth-order valence-corrected chi connectivity index (χ4v) is 5.10. The lowest BCUT2D eigenvalue weighted by Crippen LogP contribution is -2.55. The topological polar surface area (TPSA) is 90.3 Å². The van der Waals surface area contributed by atoms with E-state index in [2.05, 4.69) is 38.7 Å². The van der Waals surface area contributed by atoms with Crippen LogP contribution in [0.25, 0.3) is 0 Å². The first kappa shape index (κ1) is 26.0. The zero-order valence-electron chi connectivity index (χ0n) is 21.8. The molecule has 1 saturated heterocycles. The van der Waals surface area contributed by atoms with Gasteiger partial charge in [-0.05, 0) is 88.4 Å². The Labute approximate surface area is 215 Å². The van der Waals surface area contributed by atoms with E-state index in [1.165, 1.54) is 24.9 Å². The van der Waals surface area contributed by atoms with Crippen molar-refractivity contribution in [2.75, 3.05) is 23.3 Å². The largest absolute Gasteiger partial charge is 0.460 e. The summed E-state index contributed by atoms with van der Waals surface area (Å²) in [5.41, 5.74) is 2.32. The summed E-state index contributed by atoms with van der Waals surface area (Å²) in [6.07, 6.45) is 8.80. The van der Waals surface area contributed by atoms with Gasteiger partial charge in [0, 0.05) is 43.1 Å². The minimum absolute atomic E-state index is 0.201. The van der Waals surface area contributed by atoms with Crippen molar-refractivity contribution in [3.05, 3.63) is 53.7 Å². The van der Waals surface area contributed by atoms with E-state index in [0.717, 1.165) is 43.7 Å². The number of nitrogens with one attached hydrogen (secondary N) is 2. The molecular weight excluding hydrogens is 450 g/mol. The van der Waals surface area contributed by atoms with Crippen LogP contribution in [0.15, 0.2) is 42.6 Å². The zero-order valence-corrected chi connectivity index (χ0v) is 21.8. The van der Waals surface area contributed by atoms with E-state index in [1.54, 1.807) is 6.20 Å². The van der Waals surface area contributed by atoms with E-state index in [0.29, 0.717) is 23.7 Å². The van der Waals surface area contributed by atoms with Gasteiger partial charge in [-0.3, -0.25) is 4.79 Å². The van der Waals surface area contributed by atoms with Crippen molar-refractivity contribution in [2.45, 2.75) is 84.0 Å². The second kappa shape index (κ2) is 11.7. The molecule has 2 aromatic rings. The maximum atomic E-state index is 12.1. The number of esters is 1. The fraction of sp³-hybridized carbons (Fsp3) is 0.552. The summed E-state index contributed by atoms with van der Waals surface area (Å²) in [7, 11) is 0. The van der Waals surface area contributed by atoms with Crippen molar-refractivity contribution < 1.29 is 9.53 Å². The van der Waals surface area contributed by atoms with E-state index in [4.69, 9.17) is 10.00 Å². The SMILES string of the molecule is CC(C)(C)C(=O)OCc1ccnc(NC2CCCCC2NC2CCCN(c3ccc(C#N)cc3)C2)c1. The van der Waals surface area contributed by atoms with Crippen molar-refractivity contribution in [2.24, 2.45) is 5.41 Å². The van der Waals surface area contributed by atoms with Crippen LogP contribution in [-0.2, 0) is 16.1 Å². The number of aromatic nitrogens is 1. The minimum Gasteiger partial charge on any atom is -0.460 e. The van der Waals surface area contributed by atoms with Gasteiger partial charge in [0.1, 0.15) is 12.4 Å². The Morgan fingerprint density at radius 2 is 1.86 bits per heavy atom. The summed E-state index contributed by atoms with van der Waals surface area (Å²) in [5, 5.41) is 16.7. The van der Waals surface area contributed by atoms with E-state index in [-0.39, 0.29) is 12.6 Å². The van der Waals surface area contributed by atoms with Gasteiger partial charge in [-0.1, -0.05) is 12.8 Å². The monoisotopic (exact) mass is 489 g/mol. The van der Waals surface area contributed by atoms with Gasteiger partial charge in [0.25, 0.3) is 0 Å². The molecule has 1 aliphatic carbocycles. The predicted molar refractivity (Wildman–Crippen MR) is 143 cm³/mol. The normalized spacial score (nSPS) is 22.5. The third-order valence-corrected chi connectivity index (χ3v) is 7.14. The smallest absolute Gasteiger partial charge is 0.311 e. The molecule has 0 amide bonds. The van der Waals surface area contributed by atoms with E-state index < -0.39 is 5.41 Å². The maximum absolute atomic E-state index is 12.1. The van der Waals surface area contributed by atoms with Gasteiger partial charge in [-0.2, -0.15) is 5.26 Å². The number of nitrogens with zero attached hydrogens (tertiary/aromatic N) is 3. The molecule has 1 aromatic heterocycles. The average Bonchev–Trinajstić information content (AvgIpc) is 2.88. The summed E-state index contributed by atoms with van der Waals surface area (Å²) >= 11 is 0. The highest BCUT2D eigenvalue weighted by atomic mass is 16.5. The molecule has 1 aliphatic heterocycles. The van der Waals surface area contributed by atoms with Crippen LogP contribution in [0.4, 0.5) is 11.5 Å². The first-order valence-electron chi connectivity index (χ1n) is 13.2. The number of rotatable bonds is 7. The summed E-state index contributed by atoms with van der Waals surface area (Å²) in [5.74, 6) is 0.633. The molecule has 1 aromatic carbocycles. The van der Waals surface area contributed by atoms with Crippen LogP contribution in [0.2, 0.25) is 0 Å². The predicted octanol–water partition coefficient (Wildman–Crippen LogP) is 5.02. The zero-order chi connectivity index (χ0) is 25.5. The van der Waals surface area contributed by atoms with Crippen LogP contribution in [0.1, 0.15) is 70.4 Å². The van der Waals surface area contributed by atoms with Crippen LogP contribution in [0.5, 0.6) is 0 Å². The van der Waals surface area contributed by atoms with Crippen LogP contribution < -0.4 is 15.5 Å². The van der Waals surface area contributed by atoms with Crippen molar-refractivity contribution in [1.82, 2.24) is 10.3 Å². The number of carbonyl (C=O) groups is 1. The molecule has 2 fully saturated rings. The molecule has 7 heteroatoms. The second-order valence-corrected chi connectivity index (χ2v) is 11.1. The quantitative estimate of drug-likeness (QED) is 0.528. The molecule has 3 atom stereocenters. The van der Waals surface area contributed by atoms with Gasteiger partial charge < -0.3 is 20.3 Å². The van der Waals surface area contributed by atoms with Crippen molar-refractivity contribution in [3.8, 4) is 6.07 Å². The number of nitriles is 1. The molecule has 36 heavy (non-hydrogen) atoms. The third-order valence-electron chi connectivity index (χ3n) is 7.14. The number of piperidine rings is 1. The number of hydrogen-bond acceptors (Lipinski definition) is 7. The Bertz CT molecular complexity index is 1060. The standard InChI is InChI=1S/C29H39N5O2/c1-29(2,3)28(35)36-20-22-14-15-31-27(17-22)33-26-9-5-4-8-25(26)32-23-7-6-16-34(19-23)24-12-10-21(18-30)11-13-24/h10-15,17,23,25-26,32H,4-9,16,19-20H2,1-3H3,(H,31,33). The van der Waals surface area contributed by atoms with Crippen molar-refractivity contribution in [1.29, 1.82) is 5.26 Å². The third kappa shape index (κ3) is 6.98. The first-order chi connectivity index (χ1) is 17.3. The number of pyridine rings is 1. The molecule has 2 aliphatic rings. The van der Waals surface area contributed by atoms with Gasteiger partial charge in [-0.15, -0.1) is 0 Å². The molecule has 0 bridgehead atoms. The van der Waals surface area contributed by atoms with Crippen LogP contribution >= 0.6 is 0 Å². The number of carbonyl (C=O) groups excluding carboxylic acids is 1. The van der Waals surface area contributed by atoms with Gasteiger partial charge in [0.05, 0.1) is 17.0 Å². The Balaban J connectivity index is 1.35. The lowest BCUT2D eigenvalue weighted by atomic mass is 9.89. The summed E-state index contributed by atoms with van der Waals surface area (Å²) in [4.78, 5) is 19.1. The Morgan fingerprint density at radius 3 is 2.58 bits per heavy atom. The van der Waals surface area contributed by atoms with Gasteiger partial charge in [0.2, 0.25) is 0 Å². The molecular formula is C29H39N5O2. The summed E-state index contributed by atoms with van der Waals surface area (Å²) in [6, 6.07) is 15.1. The van der Waals surface area contributed by atoms with Gasteiger partial charge in [-0.25, -0.2) is 4.98 Å². The average molecular weight is 490 g/mol. The number of hydrogen-bond donors (Lipinski definition) is 2.